The van der Waals surface area contributed by atoms with E-state index >= 15 is 0 Å². The molecule has 10 heteroatoms. The van der Waals surface area contributed by atoms with E-state index in [0.717, 1.165) is 22.7 Å². The summed E-state index contributed by atoms with van der Waals surface area (Å²) in [6.45, 7) is 1.71. The van der Waals surface area contributed by atoms with Crippen molar-refractivity contribution in [3.8, 4) is 10.7 Å². The van der Waals surface area contributed by atoms with Crippen molar-refractivity contribution in [2.45, 2.75) is 17.3 Å². The van der Waals surface area contributed by atoms with Crippen LogP contribution in [0.4, 0.5) is 10.1 Å². The summed E-state index contributed by atoms with van der Waals surface area (Å²) in [6.07, 6.45) is 0. The van der Waals surface area contributed by atoms with E-state index in [1.807, 2.05) is 17.5 Å². The fourth-order valence-electron chi connectivity index (χ4n) is 1.97. The Morgan fingerprint density at radius 2 is 2.24 bits per heavy atom. The van der Waals surface area contributed by atoms with E-state index in [1.165, 1.54) is 28.1 Å². The molecule has 0 spiro atoms. The van der Waals surface area contributed by atoms with Crippen LogP contribution in [0.3, 0.4) is 0 Å². The van der Waals surface area contributed by atoms with Crippen LogP contribution in [0, 0.1) is 5.82 Å². The van der Waals surface area contributed by atoms with Crippen LogP contribution in [-0.2, 0) is 4.79 Å². The van der Waals surface area contributed by atoms with Crippen LogP contribution >= 0.6 is 34.7 Å². The second-order valence-electron chi connectivity index (χ2n) is 5.03. The lowest BCUT2D eigenvalue weighted by atomic mass is 10.3. The zero-order valence-electron chi connectivity index (χ0n) is 12.9. The average Bonchev–Trinajstić information content (AvgIpc) is 3.20. The number of benzene rings is 1. The number of halogens is 2. The van der Waals surface area contributed by atoms with E-state index in [-0.39, 0.29) is 10.9 Å². The number of nitrogens with zero attached hydrogens (tertiary/aromatic N) is 3. The number of thioether (sulfide) groups is 1. The molecule has 0 saturated carbocycles. The van der Waals surface area contributed by atoms with Gasteiger partial charge in [0.15, 0.2) is 5.82 Å². The number of rotatable bonds is 5. The van der Waals surface area contributed by atoms with Crippen LogP contribution in [0.15, 0.2) is 40.9 Å². The van der Waals surface area contributed by atoms with Crippen LogP contribution in [0.5, 0.6) is 0 Å². The van der Waals surface area contributed by atoms with Crippen molar-refractivity contribution in [2.75, 3.05) is 11.2 Å². The SMILES string of the molecule is CC(Sc1nnc(-c2cccs2)n1N)C(=O)Nc1ccc(F)cc1Cl. The maximum absolute atomic E-state index is 13.1. The van der Waals surface area contributed by atoms with E-state index in [9.17, 15) is 9.18 Å². The van der Waals surface area contributed by atoms with Crippen molar-refractivity contribution >= 4 is 46.3 Å². The van der Waals surface area contributed by atoms with Gasteiger partial charge in [-0.1, -0.05) is 29.4 Å². The first-order chi connectivity index (χ1) is 12.0. The Balaban J connectivity index is 1.69. The third-order valence-electron chi connectivity index (χ3n) is 3.25. The molecule has 2 heterocycles. The van der Waals surface area contributed by atoms with Gasteiger partial charge in [-0.05, 0) is 36.6 Å². The molecular weight excluding hydrogens is 385 g/mol. The van der Waals surface area contributed by atoms with Crippen LogP contribution in [0.1, 0.15) is 6.92 Å². The molecule has 25 heavy (non-hydrogen) atoms. The average molecular weight is 398 g/mol. The van der Waals surface area contributed by atoms with Crippen LogP contribution in [0.2, 0.25) is 5.02 Å². The number of nitrogen functional groups attached to an aromatic ring is 1. The van der Waals surface area contributed by atoms with Gasteiger partial charge in [-0.2, -0.15) is 0 Å². The molecular formula is C15H13ClFN5OS2. The van der Waals surface area contributed by atoms with Crippen LogP contribution in [0.25, 0.3) is 10.7 Å². The summed E-state index contributed by atoms with van der Waals surface area (Å²) in [5.74, 6) is 5.78. The quantitative estimate of drug-likeness (QED) is 0.507. The smallest absolute Gasteiger partial charge is 0.237 e. The number of carbonyl (C=O) groups excluding carboxylic acids is 1. The highest BCUT2D eigenvalue weighted by atomic mass is 35.5. The van der Waals surface area contributed by atoms with Crippen molar-refractivity contribution in [3.05, 3.63) is 46.6 Å². The molecule has 2 aromatic heterocycles. The van der Waals surface area contributed by atoms with E-state index in [4.69, 9.17) is 17.4 Å². The molecule has 0 aliphatic heterocycles. The van der Waals surface area contributed by atoms with Gasteiger partial charge in [0.2, 0.25) is 11.1 Å². The number of nitrogens with one attached hydrogen (secondary N) is 1. The lowest BCUT2D eigenvalue weighted by molar-refractivity contribution is -0.115. The summed E-state index contributed by atoms with van der Waals surface area (Å²) in [6, 6.07) is 7.55. The number of amides is 1. The van der Waals surface area contributed by atoms with Crippen LogP contribution < -0.4 is 11.2 Å². The summed E-state index contributed by atoms with van der Waals surface area (Å²) in [7, 11) is 0. The Morgan fingerprint density at radius 3 is 2.92 bits per heavy atom. The predicted molar refractivity (Wildman–Crippen MR) is 98.8 cm³/mol. The number of aromatic nitrogens is 3. The number of anilines is 1. The molecule has 3 aromatic rings. The topological polar surface area (TPSA) is 85.8 Å². The van der Waals surface area contributed by atoms with Gasteiger partial charge in [-0.3, -0.25) is 4.79 Å². The Labute approximate surface area is 156 Å². The summed E-state index contributed by atoms with van der Waals surface area (Å²) in [4.78, 5) is 13.2. The molecule has 1 amide bonds. The maximum Gasteiger partial charge on any atom is 0.237 e. The minimum Gasteiger partial charge on any atom is -0.335 e. The molecule has 0 radical (unpaired) electrons. The van der Waals surface area contributed by atoms with E-state index in [0.29, 0.717) is 16.7 Å². The number of thiophene rings is 1. The molecule has 0 bridgehead atoms. The highest BCUT2D eigenvalue weighted by molar-refractivity contribution is 8.00. The van der Waals surface area contributed by atoms with Crippen LogP contribution in [-0.4, -0.2) is 26.0 Å². The van der Waals surface area contributed by atoms with Gasteiger partial charge in [-0.15, -0.1) is 21.5 Å². The molecule has 1 aromatic carbocycles. The van der Waals surface area contributed by atoms with Gasteiger partial charge >= 0.3 is 0 Å². The monoisotopic (exact) mass is 397 g/mol. The first kappa shape index (κ1) is 17.7. The molecule has 0 saturated heterocycles. The number of hydrogen-bond donors (Lipinski definition) is 2. The first-order valence-electron chi connectivity index (χ1n) is 7.12. The molecule has 0 fully saturated rings. The Kier molecular flexibility index (Phi) is 5.26. The summed E-state index contributed by atoms with van der Waals surface area (Å²) in [5, 5.41) is 12.7. The fourth-order valence-corrected chi connectivity index (χ4v) is 3.66. The van der Waals surface area contributed by atoms with Crippen molar-refractivity contribution in [1.29, 1.82) is 0 Å². The van der Waals surface area contributed by atoms with Gasteiger partial charge in [-0.25, -0.2) is 9.07 Å². The van der Waals surface area contributed by atoms with Gasteiger partial charge in [0.1, 0.15) is 5.82 Å². The molecule has 130 valence electrons. The second-order valence-corrected chi connectivity index (χ2v) is 7.69. The normalized spacial score (nSPS) is 12.1. The van der Waals surface area contributed by atoms with Crippen molar-refractivity contribution in [2.24, 2.45) is 0 Å². The predicted octanol–water partition coefficient (Wildman–Crippen LogP) is 3.63. The molecule has 0 aliphatic rings. The molecule has 6 nitrogen and oxygen atoms in total. The number of hydrogen-bond acceptors (Lipinski definition) is 6. The lowest BCUT2D eigenvalue weighted by Gasteiger charge is -2.12. The van der Waals surface area contributed by atoms with Crippen molar-refractivity contribution in [3.63, 3.8) is 0 Å². The molecule has 0 aliphatic carbocycles. The van der Waals surface area contributed by atoms with Gasteiger partial charge < -0.3 is 11.2 Å². The van der Waals surface area contributed by atoms with E-state index in [1.54, 1.807) is 6.92 Å². The van der Waals surface area contributed by atoms with Gasteiger partial charge in [0, 0.05) is 0 Å². The highest BCUT2D eigenvalue weighted by Crippen LogP contribution is 2.28. The first-order valence-corrected chi connectivity index (χ1v) is 9.26. The van der Waals surface area contributed by atoms with Crippen molar-refractivity contribution < 1.29 is 9.18 Å². The highest BCUT2D eigenvalue weighted by Gasteiger charge is 2.21. The summed E-state index contributed by atoms with van der Waals surface area (Å²) in [5.41, 5.74) is 0.342. The molecule has 3 N–H and O–H groups in total. The van der Waals surface area contributed by atoms with Gasteiger partial charge in [0.25, 0.3) is 0 Å². The minimum absolute atomic E-state index is 0.132. The van der Waals surface area contributed by atoms with E-state index in [2.05, 4.69) is 15.5 Å². The largest absolute Gasteiger partial charge is 0.335 e. The third kappa shape index (κ3) is 3.94. The number of carbonyl (C=O) groups is 1. The molecule has 1 unspecified atom stereocenters. The minimum atomic E-state index is -0.510. The maximum atomic E-state index is 13.1. The van der Waals surface area contributed by atoms with Crippen molar-refractivity contribution in [1.82, 2.24) is 14.9 Å². The lowest BCUT2D eigenvalue weighted by Crippen LogP contribution is -2.23. The van der Waals surface area contributed by atoms with E-state index < -0.39 is 11.1 Å². The third-order valence-corrected chi connectivity index (χ3v) is 5.48. The standard InChI is InChI=1S/C15H13ClFN5OS2/c1-8(14(23)19-11-5-4-9(17)7-10(11)16)25-15-21-20-13(22(15)18)12-3-2-6-24-12/h2-8H,18H2,1H3,(H,19,23). The van der Waals surface area contributed by atoms with Gasteiger partial charge in [0.05, 0.1) is 20.8 Å². The fraction of sp³-hybridized carbons (Fsp3) is 0.133. The second kappa shape index (κ2) is 7.42. The summed E-state index contributed by atoms with van der Waals surface area (Å²) < 4.78 is 14.4. The Bertz CT molecular complexity index is 899. The number of nitrogens with two attached hydrogens (primary N) is 1. The Morgan fingerprint density at radius 1 is 1.44 bits per heavy atom. The summed E-state index contributed by atoms with van der Waals surface area (Å²) >= 11 is 8.58. The zero-order chi connectivity index (χ0) is 18.0. The Hall–Kier alpha value is -2.10. The molecule has 1 atom stereocenters. The zero-order valence-corrected chi connectivity index (χ0v) is 15.3. The molecule has 3 rings (SSSR count).